The molecule has 2 aromatic carbocycles. The molecule has 2 aromatic rings. The number of hydrogen-bond donors (Lipinski definition) is 1. The van der Waals surface area contributed by atoms with E-state index in [1.807, 2.05) is 39.0 Å². The summed E-state index contributed by atoms with van der Waals surface area (Å²) in [6, 6.07) is 9.03. The van der Waals surface area contributed by atoms with Crippen LogP contribution < -0.4 is 9.46 Å². The highest BCUT2D eigenvalue weighted by Crippen LogP contribution is 2.40. The van der Waals surface area contributed by atoms with Gasteiger partial charge in [0.15, 0.2) is 0 Å². The summed E-state index contributed by atoms with van der Waals surface area (Å²) in [5, 5.41) is 0. The Morgan fingerprint density at radius 1 is 1.16 bits per heavy atom. The van der Waals surface area contributed by atoms with Crippen molar-refractivity contribution in [2.45, 2.75) is 50.7 Å². The second kappa shape index (κ2) is 6.11. The quantitative estimate of drug-likeness (QED) is 0.896. The molecule has 134 valence electrons. The van der Waals surface area contributed by atoms with Crippen LogP contribution in [0.15, 0.2) is 41.3 Å². The number of nitrogens with one attached hydrogen (secondary N) is 1. The van der Waals surface area contributed by atoms with Crippen molar-refractivity contribution in [1.82, 2.24) is 4.72 Å². The lowest BCUT2D eigenvalue weighted by Gasteiger charge is -2.38. The van der Waals surface area contributed by atoms with Gasteiger partial charge in [-0.05, 0) is 57.5 Å². The maximum atomic E-state index is 13.3. The Balaban J connectivity index is 2.00. The molecule has 25 heavy (non-hydrogen) atoms. The fraction of sp³-hybridized carbons (Fsp3) is 0.368. The first-order valence-corrected chi connectivity index (χ1v) is 9.64. The van der Waals surface area contributed by atoms with Crippen LogP contribution in [0.2, 0.25) is 0 Å². The highest BCUT2D eigenvalue weighted by molar-refractivity contribution is 7.89. The minimum Gasteiger partial charge on any atom is -0.487 e. The van der Waals surface area contributed by atoms with E-state index in [4.69, 9.17) is 4.74 Å². The zero-order valence-electron chi connectivity index (χ0n) is 14.8. The Morgan fingerprint density at radius 3 is 2.56 bits per heavy atom. The van der Waals surface area contributed by atoms with Gasteiger partial charge in [-0.25, -0.2) is 17.5 Å². The molecule has 0 radical (unpaired) electrons. The molecule has 4 nitrogen and oxygen atoms in total. The third-order valence-electron chi connectivity index (χ3n) is 4.35. The lowest BCUT2D eigenvalue weighted by atomic mass is 9.89. The Bertz CT molecular complexity index is 922. The zero-order chi connectivity index (χ0) is 18.4. The van der Waals surface area contributed by atoms with Crippen LogP contribution in [0, 0.1) is 19.7 Å². The zero-order valence-corrected chi connectivity index (χ0v) is 15.6. The summed E-state index contributed by atoms with van der Waals surface area (Å²) < 4.78 is 47.8. The van der Waals surface area contributed by atoms with Crippen molar-refractivity contribution in [1.29, 1.82) is 0 Å². The lowest BCUT2D eigenvalue weighted by molar-refractivity contribution is 0.0701. The number of halogens is 1. The van der Waals surface area contributed by atoms with Crippen LogP contribution in [0.1, 0.15) is 43.0 Å². The maximum absolute atomic E-state index is 13.3. The molecule has 0 amide bonds. The van der Waals surface area contributed by atoms with E-state index < -0.39 is 27.5 Å². The molecule has 1 aliphatic rings. The van der Waals surface area contributed by atoms with Crippen LogP contribution >= 0.6 is 0 Å². The predicted molar refractivity (Wildman–Crippen MR) is 94.7 cm³/mol. The fourth-order valence-corrected chi connectivity index (χ4v) is 4.69. The number of hydrogen-bond acceptors (Lipinski definition) is 3. The van der Waals surface area contributed by atoms with Crippen molar-refractivity contribution < 1.29 is 17.5 Å². The summed E-state index contributed by atoms with van der Waals surface area (Å²) in [4.78, 5) is 0.0902. The van der Waals surface area contributed by atoms with Gasteiger partial charge in [-0.3, -0.25) is 0 Å². The molecule has 0 bridgehead atoms. The molecule has 0 aliphatic carbocycles. The average Bonchev–Trinajstić information content (AvgIpc) is 2.46. The van der Waals surface area contributed by atoms with Crippen LogP contribution in [0.3, 0.4) is 0 Å². The van der Waals surface area contributed by atoms with Crippen molar-refractivity contribution in [2.24, 2.45) is 0 Å². The van der Waals surface area contributed by atoms with E-state index in [2.05, 4.69) is 4.72 Å². The van der Waals surface area contributed by atoms with Crippen LogP contribution in [-0.2, 0) is 10.0 Å². The molecule has 0 saturated heterocycles. The summed E-state index contributed by atoms with van der Waals surface area (Å²) in [7, 11) is -3.79. The summed E-state index contributed by atoms with van der Waals surface area (Å²) in [5.41, 5.74) is 1.74. The molecule has 6 heteroatoms. The van der Waals surface area contributed by atoms with Gasteiger partial charge in [0.25, 0.3) is 0 Å². The Labute approximate surface area is 148 Å². The molecule has 1 heterocycles. The van der Waals surface area contributed by atoms with Crippen molar-refractivity contribution >= 4 is 10.0 Å². The van der Waals surface area contributed by atoms with Crippen LogP contribution in [0.5, 0.6) is 5.75 Å². The monoisotopic (exact) mass is 363 g/mol. The van der Waals surface area contributed by atoms with Crippen molar-refractivity contribution in [3.05, 3.63) is 58.9 Å². The minimum absolute atomic E-state index is 0.0902. The molecule has 0 unspecified atom stereocenters. The Hall–Kier alpha value is -1.92. The summed E-state index contributed by atoms with van der Waals surface area (Å²) in [5.74, 6) is 0.231. The summed E-state index contributed by atoms with van der Waals surface area (Å²) in [6.07, 6.45) is 0.503. The Kier molecular flexibility index (Phi) is 4.37. The minimum atomic E-state index is -3.79. The topological polar surface area (TPSA) is 55.4 Å². The molecule has 0 spiro atoms. The highest BCUT2D eigenvalue weighted by Gasteiger charge is 2.36. The van der Waals surface area contributed by atoms with Gasteiger partial charge in [-0.15, -0.1) is 0 Å². The van der Waals surface area contributed by atoms with Crippen LogP contribution in [0.4, 0.5) is 4.39 Å². The van der Waals surface area contributed by atoms with Gasteiger partial charge in [0.1, 0.15) is 17.2 Å². The summed E-state index contributed by atoms with van der Waals surface area (Å²) >= 11 is 0. The maximum Gasteiger partial charge on any atom is 0.241 e. The molecule has 1 N–H and O–H groups in total. The molecule has 1 atom stereocenters. The van der Waals surface area contributed by atoms with E-state index >= 15 is 0 Å². The molecule has 3 rings (SSSR count). The van der Waals surface area contributed by atoms with Gasteiger partial charge in [0, 0.05) is 12.0 Å². The molecule has 0 fully saturated rings. The van der Waals surface area contributed by atoms with E-state index in [1.165, 1.54) is 12.1 Å². The largest absolute Gasteiger partial charge is 0.487 e. The standard InChI is InChI=1S/C19H22FNO3S/c1-12-5-7-17-15(9-12)16(11-19(3,4)24-17)21-25(22,23)18-8-6-14(20)10-13(18)2/h5-10,16,21H,11H2,1-4H3/t16-/m1/s1. The first-order valence-electron chi connectivity index (χ1n) is 8.15. The van der Waals surface area contributed by atoms with Gasteiger partial charge in [0.2, 0.25) is 10.0 Å². The van der Waals surface area contributed by atoms with Crippen molar-refractivity contribution in [3.8, 4) is 5.75 Å². The third-order valence-corrected chi connectivity index (χ3v) is 5.98. The number of sulfonamides is 1. The molecule has 1 aliphatic heterocycles. The first-order chi connectivity index (χ1) is 11.6. The SMILES string of the molecule is Cc1ccc2c(c1)[C@H](NS(=O)(=O)c1ccc(F)cc1C)CC(C)(C)O2. The van der Waals surface area contributed by atoms with Crippen LogP contribution in [0.25, 0.3) is 0 Å². The second-order valence-electron chi connectivity index (χ2n) is 7.19. The fourth-order valence-electron chi connectivity index (χ4n) is 3.24. The van der Waals surface area contributed by atoms with E-state index in [0.717, 1.165) is 17.2 Å². The van der Waals surface area contributed by atoms with Crippen LogP contribution in [-0.4, -0.2) is 14.0 Å². The van der Waals surface area contributed by atoms with E-state index in [9.17, 15) is 12.8 Å². The average molecular weight is 363 g/mol. The normalized spacial score (nSPS) is 19.2. The smallest absolute Gasteiger partial charge is 0.241 e. The van der Waals surface area contributed by atoms with Crippen molar-refractivity contribution in [2.75, 3.05) is 0 Å². The number of rotatable bonds is 3. The van der Waals surface area contributed by atoms with Gasteiger partial charge >= 0.3 is 0 Å². The van der Waals surface area contributed by atoms with E-state index in [-0.39, 0.29) is 4.90 Å². The van der Waals surface area contributed by atoms with Gasteiger partial charge in [0.05, 0.1) is 10.9 Å². The Morgan fingerprint density at radius 2 is 1.88 bits per heavy atom. The highest BCUT2D eigenvalue weighted by atomic mass is 32.2. The van der Waals surface area contributed by atoms with Gasteiger partial charge in [-0.1, -0.05) is 17.7 Å². The number of aryl methyl sites for hydroxylation is 2. The summed E-state index contributed by atoms with van der Waals surface area (Å²) in [6.45, 7) is 7.40. The molecule has 0 saturated carbocycles. The number of ether oxygens (including phenoxy) is 1. The van der Waals surface area contributed by atoms with Crippen molar-refractivity contribution in [3.63, 3.8) is 0 Å². The number of fused-ring (bicyclic) bond motifs is 1. The van der Waals surface area contributed by atoms with Gasteiger partial charge in [-0.2, -0.15) is 0 Å². The predicted octanol–water partition coefficient (Wildman–Crippen LogP) is 4.02. The molecular weight excluding hydrogens is 341 g/mol. The van der Waals surface area contributed by atoms with Gasteiger partial charge < -0.3 is 4.74 Å². The molecular formula is C19H22FNO3S. The molecule has 0 aromatic heterocycles. The van der Waals surface area contributed by atoms with E-state index in [0.29, 0.717) is 17.7 Å². The van der Waals surface area contributed by atoms with E-state index in [1.54, 1.807) is 6.92 Å². The lowest BCUT2D eigenvalue weighted by Crippen LogP contribution is -2.41. The second-order valence-corrected chi connectivity index (χ2v) is 8.87. The third kappa shape index (κ3) is 3.70. The first kappa shape index (κ1) is 17.9. The number of benzene rings is 2.